The largest absolute Gasteiger partial charge is 0.378 e. The summed E-state index contributed by atoms with van der Waals surface area (Å²) in [6.07, 6.45) is 3.64. The summed E-state index contributed by atoms with van der Waals surface area (Å²) in [5, 5.41) is 11.0. The number of hydrogen-bond acceptors (Lipinski definition) is 5. The molecular formula is C20H19FN4O3. The van der Waals surface area contributed by atoms with Crippen LogP contribution in [-0.2, 0) is 4.74 Å². The average Bonchev–Trinajstić information content (AvgIpc) is 3.34. The Labute approximate surface area is 160 Å². The van der Waals surface area contributed by atoms with Crippen LogP contribution in [0.1, 0.15) is 27.5 Å². The summed E-state index contributed by atoms with van der Waals surface area (Å²) in [6, 6.07) is 7.77. The van der Waals surface area contributed by atoms with Gasteiger partial charge in [-0.1, -0.05) is 5.16 Å². The number of halogens is 1. The number of hydrogen-bond donors (Lipinski definition) is 1. The molecule has 1 N–H and O–H groups in total. The molecule has 3 heterocycles. The molecule has 1 fully saturated rings. The monoisotopic (exact) mass is 382 g/mol. The van der Waals surface area contributed by atoms with E-state index in [0.717, 1.165) is 11.1 Å². The predicted molar refractivity (Wildman–Crippen MR) is 101 cm³/mol. The van der Waals surface area contributed by atoms with E-state index in [4.69, 9.17) is 9.26 Å². The van der Waals surface area contributed by atoms with Crippen molar-refractivity contribution in [2.75, 3.05) is 26.3 Å². The van der Waals surface area contributed by atoms with E-state index in [1.807, 2.05) is 6.08 Å². The maximum absolute atomic E-state index is 13.2. The molecule has 1 amide bonds. The smallest absolute Gasteiger partial charge is 0.274 e. The number of morpholine rings is 1. The molecule has 1 aliphatic heterocycles. The lowest BCUT2D eigenvalue weighted by atomic mass is 10.1. The Morgan fingerprint density at radius 2 is 1.96 bits per heavy atom. The fourth-order valence-electron chi connectivity index (χ4n) is 3.02. The summed E-state index contributed by atoms with van der Waals surface area (Å²) in [5.41, 5.74) is 3.20. The number of rotatable bonds is 4. The zero-order valence-corrected chi connectivity index (χ0v) is 15.3. The van der Waals surface area contributed by atoms with E-state index in [9.17, 15) is 9.18 Å². The van der Waals surface area contributed by atoms with Gasteiger partial charge in [-0.15, -0.1) is 0 Å². The first-order chi connectivity index (χ1) is 13.6. The number of ether oxygens (including phenoxy) is 1. The molecule has 0 spiro atoms. The van der Waals surface area contributed by atoms with Gasteiger partial charge in [0.15, 0.2) is 5.69 Å². The van der Waals surface area contributed by atoms with Gasteiger partial charge in [0, 0.05) is 24.2 Å². The molecule has 144 valence electrons. The number of H-pyrrole nitrogens is 1. The molecule has 1 aliphatic rings. The van der Waals surface area contributed by atoms with Crippen LogP contribution in [-0.4, -0.2) is 52.5 Å². The number of aryl methyl sites for hydroxylation is 1. The first kappa shape index (κ1) is 18.1. The lowest BCUT2D eigenvalue weighted by molar-refractivity contribution is 0.0299. The first-order valence-electron chi connectivity index (χ1n) is 8.94. The summed E-state index contributed by atoms with van der Waals surface area (Å²) >= 11 is 0. The minimum atomic E-state index is -0.309. The fourth-order valence-corrected chi connectivity index (χ4v) is 3.02. The molecule has 3 aromatic rings. The van der Waals surface area contributed by atoms with Crippen molar-refractivity contribution in [2.45, 2.75) is 6.92 Å². The van der Waals surface area contributed by atoms with Crippen molar-refractivity contribution in [3.05, 3.63) is 58.9 Å². The van der Waals surface area contributed by atoms with Gasteiger partial charge in [-0.25, -0.2) is 4.39 Å². The zero-order valence-electron chi connectivity index (χ0n) is 15.3. The van der Waals surface area contributed by atoms with Crippen LogP contribution in [0.25, 0.3) is 23.4 Å². The summed E-state index contributed by atoms with van der Waals surface area (Å²) in [6.45, 7) is 4.03. The summed E-state index contributed by atoms with van der Waals surface area (Å²) in [4.78, 5) is 14.2. The van der Waals surface area contributed by atoms with Gasteiger partial charge < -0.3 is 14.2 Å². The average molecular weight is 382 g/mol. The summed E-state index contributed by atoms with van der Waals surface area (Å²) in [5.74, 6) is 0.211. The third-order valence-corrected chi connectivity index (χ3v) is 4.57. The van der Waals surface area contributed by atoms with E-state index in [1.54, 1.807) is 36.1 Å². The van der Waals surface area contributed by atoms with E-state index < -0.39 is 0 Å². The molecule has 0 unspecified atom stereocenters. The van der Waals surface area contributed by atoms with Crippen LogP contribution >= 0.6 is 0 Å². The number of aromatic nitrogens is 3. The second-order valence-corrected chi connectivity index (χ2v) is 6.45. The van der Waals surface area contributed by atoms with Crippen LogP contribution in [0, 0.1) is 12.7 Å². The Hall–Kier alpha value is -3.26. The number of nitrogens with zero attached hydrogens (tertiary/aromatic N) is 3. The molecule has 28 heavy (non-hydrogen) atoms. The highest BCUT2D eigenvalue weighted by atomic mass is 19.1. The lowest BCUT2D eigenvalue weighted by Crippen LogP contribution is -2.40. The number of benzene rings is 1. The fraction of sp³-hybridized carbons (Fsp3) is 0.250. The van der Waals surface area contributed by atoms with Crippen molar-refractivity contribution >= 4 is 18.1 Å². The molecule has 0 bridgehead atoms. The molecular weight excluding hydrogens is 363 g/mol. The van der Waals surface area contributed by atoms with Crippen molar-refractivity contribution in [2.24, 2.45) is 0 Å². The molecule has 7 nitrogen and oxygen atoms in total. The topological polar surface area (TPSA) is 84.2 Å². The predicted octanol–water partition coefficient (Wildman–Crippen LogP) is 3.16. The van der Waals surface area contributed by atoms with E-state index in [2.05, 4.69) is 15.4 Å². The SMILES string of the molecule is Cc1onc(-c2ccc(F)cc2)c1/C=C/c1cc(C(=O)N2CCOCC2)n[nH]1. The van der Waals surface area contributed by atoms with Gasteiger partial charge in [-0.3, -0.25) is 9.89 Å². The zero-order chi connectivity index (χ0) is 19.5. The van der Waals surface area contributed by atoms with Gasteiger partial charge in [0.05, 0.1) is 18.9 Å². The Bertz CT molecular complexity index is 1000. The molecule has 0 atom stereocenters. The molecule has 2 aromatic heterocycles. The van der Waals surface area contributed by atoms with Crippen LogP contribution in [0.15, 0.2) is 34.9 Å². The quantitative estimate of drug-likeness (QED) is 0.749. The Kier molecular flexibility index (Phi) is 5.03. The summed E-state index contributed by atoms with van der Waals surface area (Å²) in [7, 11) is 0. The van der Waals surface area contributed by atoms with Gasteiger partial charge in [-0.05, 0) is 49.4 Å². The van der Waals surface area contributed by atoms with Gasteiger partial charge in [-0.2, -0.15) is 5.10 Å². The Morgan fingerprint density at radius 1 is 1.21 bits per heavy atom. The van der Waals surface area contributed by atoms with Gasteiger partial charge in [0.25, 0.3) is 5.91 Å². The molecule has 0 saturated carbocycles. The standard InChI is InChI=1S/C20H19FN4O3/c1-13-17(19(24-28-13)14-2-4-15(21)5-3-14)7-6-16-12-18(23-22-16)20(26)25-8-10-27-11-9-25/h2-7,12H,8-11H2,1H3,(H,22,23)/b7-6+. The minimum Gasteiger partial charge on any atom is -0.378 e. The number of carbonyl (C=O) groups excluding carboxylic acids is 1. The van der Waals surface area contributed by atoms with Crippen molar-refractivity contribution in [3.63, 3.8) is 0 Å². The molecule has 4 rings (SSSR count). The highest BCUT2D eigenvalue weighted by Gasteiger charge is 2.20. The van der Waals surface area contributed by atoms with Crippen LogP contribution in [0.3, 0.4) is 0 Å². The maximum atomic E-state index is 13.2. The van der Waals surface area contributed by atoms with Crippen molar-refractivity contribution in [1.29, 1.82) is 0 Å². The Balaban J connectivity index is 1.54. The van der Waals surface area contributed by atoms with Gasteiger partial charge in [0.1, 0.15) is 17.3 Å². The van der Waals surface area contributed by atoms with Gasteiger partial charge in [0.2, 0.25) is 0 Å². The molecule has 0 aliphatic carbocycles. The second-order valence-electron chi connectivity index (χ2n) is 6.45. The van der Waals surface area contributed by atoms with Gasteiger partial charge >= 0.3 is 0 Å². The number of amides is 1. The van der Waals surface area contributed by atoms with Crippen molar-refractivity contribution in [1.82, 2.24) is 20.3 Å². The normalized spacial score (nSPS) is 14.7. The number of carbonyl (C=O) groups is 1. The van der Waals surface area contributed by atoms with Crippen LogP contribution in [0.2, 0.25) is 0 Å². The van der Waals surface area contributed by atoms with E-state index in [-0.39, 0.29) is 11.7 Å². The van der Waals surface area contributed by atoms with Crippen molar-refractivity contribution < 1.29 is 18.4 Å². The molecule has 1 aromatic carbocycles. The highest BCUT2D eigenvalue weighted by Crippen LogP contribution is 2.27. The van der Waals surface area contributed by atoms with E-state index in [1.165, 1.54) is 12.1 Å². The summed E-state index contributed by atoms with van der Waals surface area (Å²) < 4.78 is 23.7. The highest BCUT2D eigenvalue weighted by molar-refractivity contribution is 5.93. The number of aromatic amines is 1. The maximum Gasteiger partial charge on any atom is 0.274 e. The number of nitrogens with one attached hydrogen (secondary N) is 1. The minimum absolute atomic E-state index is 0.118. The molecule has 1 saturated heterocycles. The second kappa shape index (κ2) is 7.77. The van der Waals surface area contributed by atoms with Crippen LogP contribution < -0.4 is 0 Å². The lowest BCUT2D eigenvalue weighted by Gasteiger charge is -2.25. The Morgan fingerprint density at radius 3 is 2.71 bits per heavy atom. The first-order valence-corrected chi connectivity index (χ1v) is 8.94. The molecule has 8 heteroatoms. The van der Waals surface area contributed by atoms with Crippen LogP contribution in [0.4, 0.5) is 4.39 Å². The third-order valence-electron chi connectivity index (χ3n) is 4.57. The molecule has 0 radical (unpaired) electrons. The van der Waals surface area contributed by atoms with E-state index in [0.29, 0.717) is 49.1 Å². The third kappa shape index (κ3) is 3.72. The van der Waals surface area contributed by atoms with Crippen LogP contribution in [0.5, 0.6) is 0 Å². The van der Waals surface area contributed by atoms with Crippen molar-refractivity contribution in [3.8, 4) is 11.3 Å². The van der Waals surface area contributed by atoms with E-state index >= 15 is 0 Å².